The average molecular weight is 470 g/mol. The van der Waals surface area contributed by atoms with Crippen molar-refractivity contribution in [3.63, 3.8) is 0 Å². The predicted octanol–water partition coefficient (Wildman–Crippen LogP) is 3.15. The maximum atomic E-state index is 12.1. The van der Waals surface area contributed by atoms with E-state index in [0.29, 0.717) is 13.2 Å². The monoisotopic (exact) mass is 469 g/mol. The Kier molecular flexibility index (Phi) is 8.06. The summed E-state index contributed by atoms with van der Waals surface area (Å²) in [6.45, 7) is 6.31. The number of carbonyl (C=O) groups is 1. The number of ether oxygens (including phenoxy) is 1. The van der Waals surface area contributed by atoms with Gasteiger partial charge in [-0.1, -0.05) is 12.1 Å². The van der Waals surface area contributed by atoms with Crippen molar-refractivity contribution >= 4 is 33.7 Å². The van der Waals surface area contributed by atoms with Gasteiger partial charge in [0.15, 0.2) is 4.60 Å². The summed E-state index contributed by atoms with van der Waals surface area (Å²) in [6.07, 6.45) is 2.45. The van der Waals surface area contributed by atoms with Gasteiger partial charge < -0.3 is 4.74 Å². The number of nitrogens with zero attached hydrogens (tertiary/aromatic N) is 2. The van der Waals surface area contributed by atoms with Crippen molar-refractivity contribution < 1.29 is 9.53 Å². The first-order valence-corrected chi connectivity index (χ1v) is 10.7. The number of aryl methyl sites for hydroxylation is 2. The topological polar surface area (TPSA) is 94.1 Å². The third-order valence-corrected chi connectivity index (χ3v) is 5.66. The molecule has 0 amide bonds. The Balaban J connectivity index is 1.91. The van der Waals surface area contributed by atoms with Crippen LogP contribution in [-0.2, 0) is 22.5 Å². The summed E-state index contributed by atoms with van der Waals surface area (Å²) in [6, 6.07) is 8.08. The second-order valence-corrected chi connectivity index (χ2v) is 9.16. The van der Waals surface area contributed by atoms with E-state index >= 15 is 0 Å². The van der Waals surface area contributed by atoms with Crippen LogP contribution in [0, 0.1) is 0 Å². The van der Waals surface area contributed by atoms with Gasteiger partial charge in [-0.2, -0.15) is 5.10 Å². The molecule has 7 nitrogen and oxygen atoms in total. The number of benzene rings is 1. The first-order chi connectivity index (χ1) is 13.2. The highest BCUT2D eigenvalue weighted by Crippen LogP contribution is 2.34. The molecule has 1 aromatic carbocycles. The van der Waals surface area contributed by atoms with E-state index < -0.39 is 16.0 Å². The van der Waals surface area contributed by atoms with E-state index in [1.165, 1.54) is 16.4 Å². The minimum Gasteiger partial charge on any atom is -0.465 e. The normalized spacial score (nSPS) is 11.4. The smallest absolute Gasteiger partial charge is 0.344 e. The number of esters is 1. The number of rotatable bonds is 9. The number of hydrogen-bond donors (Lipinski definition) is 1. The van der Waals surface area contributed by atoms with Crippen LogP contribution in [0.5, 0.6) is 0 Å². The SMILES string of the molecule is CCOC(=O)C(C)(C)Sc1cccc(CCCCn2nc(Br)c(=O)[nH]c2=O)c1. The van der Waals surface area contributed by atoms with E-state index in [2.05, 4.69) is 32.1 Å². The van der Waals surface area contributed by atoms with Gasteiger partial charge in [0, 0.05) is 11.4 Å². The standard InChI is InChI=1S/C19H24BrN3O4S/c1-4-27-17(25)19(2,3)28-14-10-7-9-13(12-14)8-5-6-11-23-18(26)21-16(24)15(20)22-23/h7,9-10,12H,4-6,8,11H2,1-3H3,(H,21,24,26). The van der Waals surface area contributed by atoms with Gasteiger partial charge in [-0.25, -0.2) is 9.48 Å². The number of halogens is 1. The molecule has 2 aromatic rings. The highest BCUT2D eigenvalue weighted by molar-refractivity contribution is 9.10. The lowest BCUT2D eigenvalue weighted by molar-refractivity contribution is -0.145. The van der Waals surface area contributed by atoms with Gasteiger partial charge in [0.2, 0.25) is 0 Å². The van der Waals surface area contributed by atoms with E-state index in [9.17, 15) is 14.4 Å². The van der Waals surface area contributed by atoms with E-state index in [-0.39, 0.29) is 10.6 Å². The van der Waals surface area contributed by atoms with Crippen LogP contribution in [0.4, 0.5) is 0 Å². The first-order valence-electron chi connectivity index (χ1n) is 9.05. The van der Waals surface area contributed by atoms with E-state index in [4.69, 9.17) is 4.74 Å². The van der Waals surface area contributed by atoms with Crippen molar-refractivity contribution in [2.45, 2.75) is 56.2 Å². The molecule has 1 heterocycles. The maximum Gasteiger partial charge on any atom is 0.344 e. The minimum absolute atomic E-state index is 0.0982. The molecule has 0 radical (unpaired) electrons. The molecule has 1 N–H and O–H groups in total. The quantitative estimate of drug-likeness (QED) is 0.344. The Hall–Kier alpha value is -1.87. The van der Waals surface area contributed by atoms with Crippen LogP contribution in [0.1, 0.15) is 39.2 Å². The van der Waals surface area contributed by atoms with Crippen LogP contribution in [0.25, 0.3) is 0 Å². The molecule has 0 saturated carbocycles. The van der Waals surface area contributed by atoms with Gasteiger partial charge in [-0.3, -0.25) is 14.6 Å². The number of aromatic amines is 1. The Bertz CT molecular complexity index is 939. The minimum atomic E-state index is -0.654. The van der Waals surface area contributed by atoms with E-state index in [1.807, 2.05) is 32.0 Å². The molecule has 0 atom stereocenters. The largest absolute Gasteiger partial charge is 0.465 e. The number of nitrogens with one attached hydrogen (secondary N) is 1. The van der Waals surface area contributed by atoms with Gasteiger partial charge in [-0.15, -0.1) is 11.8 Å². The summed E-state index contributed by atoms with van der Waals surface area (Å²) in [4.78, 5) is 38.3. The van der Waals surface area contributed by atoms with Crippen LogP contribution in [0.15, 0.2) is 43.4 Å². The number of unbranched alkanes of at least 4 members (excludes halogenated alkanes) is 1. The van der Waals surface area contributed by atoms with Crippen molar-refractivity contribution in [1.29, 1.82) is 0 Å². The molecule has 1 aromatic heterocycles. The Morgan fingerprint density at radius 2 is 2.07 bits per heavy atom. The number of aromatic nitrogens is 3. The van der Waals surface area contributed by atoms with Crippen molar-refractivity contribution in [3.8, 4) is 0 Å². The Morgan fingerprint density at radius 1 is 1.32 bits per heavy atom. The lowest BCUT2D eigenvalue weighted by Gasteiger charge is -2.21. The van der Waals surface area contributed by atoms with Crippen LogP contribution in [-0.4, -0.2) is 32.1 Å². The summed E-state index contributed by atoms with van der Waals surface area (Å²) in [5.41, 5.74) is 0.127. The van der Waals surface area contributed by atoms with Gasteiger partial charge in [0.1, 0.15) is 4.75 Å². The molecule has 2 rings (SSSR count). The van der Waals surface area contributed by atoms with Crippen molar-refractivity contribution in [3.05, 3.63) is 55.3 Å². The third-order valence-electron chi connectivity index (χ3n) is 3.97. The molecule has 0 fully saturated rings. The van der Waals surface area contributed by atoms with Gasteiger partial charge in [-0.05, 0) is 73.7 Å². The fourth-order valence-corrected chi connectivity index (χ4v) is 3.94. The number of thioether (sulfide) groups is 1. The molecule has 28 heavy (non-hydrogen) atoms. The number of hydrogen-bond acceptors (Lipinski definition) is 6. The zero-order valence-electron chi connectivity index (χ0n) is 16.2. The molecule has 0 aliphatic rings. The average Bonchev–Trinajstić information content (AvgIpc) is 2.63. The van der Waals surface area contributed by atoms with Gasteiger partial charge >= 0.3 is 11.7 Å². The zero-order valence-corrected chi connectivity index (χ0v) is 18.6. The molecule has 0 unspecified atom stereocenters. The lowest BCUT2D eigenvalue weighted by Crippen LogP contribution is -2.32. The van der Waals surface area contributed by atoms with Crippen LogP contribution < -0.4 is 11.2 Å². The van der Waals surface area contributed by atoms with Gasteiger partial charge in [0.05, 0.1) is 6.61 Å². The first kappa shape index (κ1) is 22.4. The van der Waals surface area contributed by atoms with Crippen molar-refractivity contribution in [2.24, 2.45) is 0 Å². The fourth-order valence-electron chi connectivity index (χ4n) is 2.56. The molecule has 0 saturated heterocycles. The molecule has 9 heteroatoms. The molecule has 0 aliphatic heterocycles. The van der Waals surface area contributed by atoms with Crippen LogP contribution in [0.2, 0.25) is 0 Å². The summed E-state index contributed by atoms with van der Waals surface area (Å²) in [5, 5.41) is 3.93. The highest BCUT2D eigenvalue weighted by atomic mass is 79.9. The number of carbonyl (C=O) groups excluding carboxylic acids is 1. The number of H-pyrrole nitrogens is 1. The summed E-state index contributed by atoms with van der Waals surface area (Å²) < 4.78 is 5.83. The van der Waals surface area contributed by atoms with Crippen molar-refractivity contribution in [2.75, 3.05) is 6.61 Å². The molecule has 0 spiro atoms. The predicted molar refractivity (Wildman–Crippen MR) is 113 cm³/mol. The molecule has 152 valence electrons. The Labute approximate surface area is 176 Å². The molecule has 0 bridgehead atoms. The Morgan fingerprint density at radius 3 is 2.79 bits per heavy atom. The second kappa shape index (κ2) is 10.1. The molecular weight excluding hydrogens is 446 g/mol. The summed E-state index contributed by atoms with van der Waals surface area (Å²) in [5.74, 6) is -0.226. The maximum absolute atomic E-state index is 12.1. The molecular formula is C19H24BrN3O4S. The highest BCUT2D eigenvalue weighted by Gasteiger charge is 2.30. The summed E-state index contributed by atoms with van der Waals surface area (Å²) >= 11 is 4.51. The summed E-state index contributed by atoms with van der Waals surface area (Å²) in [7, 11) is 0. The van der Waals surface area contributed by atoms with E-state index in [1.54, 1.807) is 6.92 Å². The van der Waals surface area contributed by atoms with Crippen LogP contribution in [0.3, 0.4) is 0 Å². The zero-order chi connectivity index (χ0) is 20.7. The van der Waals surface area contributed by atoms with Crippen LogP contribution >= 0.6 is 27.7 Å². The lowest BCUT2D eigenvalue weighted by atomic mass is 10.1. The fraction of sp³-hybridized carbons (Fsp3) is 0.474. The van der Waals surface area contributed by atoms with Gasteiger partial charge in [0.25, 0.3) is 5.56 Å². The molecule has 0 aliphatic carbocycles. The van der Waals surface area contributed by atoms with Crippen molar-refractivity contribution in [1.82, 2.24) is 14.8 Å². The van der Waals surface area contributed by atoms with E-state index in [0.717, 1.165) is 29.7 Å². The second-order valence-electron chi connectivity index (χ2n) is 6.71. The third kappa shape index (κ3) is 6.34.